The normalized spacial score (nSPS) is 34.4. The lowest BCUT2D eigenvalue weighted by atomic mass is 9.98. The van der Waals surface area contributed by atoms with E-state index in [0.29, 0.717) is 6.42 Å². The summed E-state index contributed by atoms with van der Waals surface area (Å²) < 4.78 is 13.1. The maximum atomic E-state index is 13.1. The van der Waals surface area contributed by atoms with Gasteiger partial charge in [-0.05, 0) is 13.0 Å². The van der Waals surface area contributed by atoms with E-state index in [2.05, 4.69) is 6.58 Å². The van der Waals surface area contributed by atoms with Crippen LogP contribution in [-0.2, 0) is 4.79 Å². The molecule has 0 unspecified atom stereocenters. The molecule has 74 valence electrons. The van der Waals surface area contributed by atoms with E-state index in [9.17, 15) is 9.18 Å². The van der Waals surface area contributed by atoms with Crippen molar-refractivity contribution in [3.05, 3.63) is 12.7 Å². The average molecular weight is 186 g/mol. The van der Waals surface area contributed by atoms with E-state index in [1.54, 1.807) is 4.90 Å². The van der Waals surface area contributed by atoms with Crippen LogP contribution in [-0.4, -0.2) is 35.6 Å². The molecule has 1 fully saturated rings. The topological polar surface area (TPSA) is 46.3 Å². The van der Waals surface area contributed by atoms with E-state index in [1.807, 2.05) is 6.92 Å². The first-order chi connectivity index (χ1) is 6.06. The average Bonchev–Trinajstić information content (AvgIpc) is 2.10. The second-order valence-electron chi connectivity index (χ2n) is 3.46. The molecule has 13 heavy (non-hydrogen) atoms. The van der Waals surface area contributed by atoms with Gasteiger partial charge in [0, 0.05) is 19.0 Å². The predicted octanol–water partition coefficient (Wildman–Crippen LogP) is 0.459. The first-order valence-corrected chi connectivity index (χ1v) is 4.39. The first-order valence-electron chi connectivity index (χ1n) is 4.39. The number of carbonyl (C=O) groups excluding carboxylic acids is 1. The van der Waals surface area contributed by atoms with Crippen LogP contribution in [0.4, 0.5) is 4.39 Å². The van der Waals surface area contributed by atoms with Crippen molar-refractivity contribution in [3.63, 3.8) is 0 Å². The van der Waals surface area contributed by atoms with Gasteiger partial charge in [-0.3, -0.25) is 4.79 Å². The summed E-state index contributed by atoms with van der Waals surface area (Å²) >= 11 is 0. The Balaban J connectivity index is 2.66. The van der Waals surface area contributed by atoms with Crippen LogP contribution in [0.1, 0.15) is 13.3 Å². The van der Waals surface area contributed by atoms with Crippen molar-refractivity contribution >= 4 is 5.91 Å². The van der Waals surface area contributed by atoms with Gasteiger partial charge in [-0.15, -0.1) is 0 Å². The van der Waals surface area contributed by atoms with Crippen LogP contribution >= 0.6 is 0 Å². The van der Waals surface area contributed by atoms with Crippen molar-refractivity contribution in [1.82, 2.24) is 4.90 Å². The molecule has 0 aromatic rings. The zero-order valence-electron chi connectivity index (χ0n) is 7.74. The van der Waals surface area contributed by atoms with Crippen molar-refractivity contribution in [3.8, 4) is 0 Å². The second-order valence-corrected chi connectivity index (χ2v) is 3.46. The zero-order chi connectivity index (χ0) is 10.0. The number of likely N-dealkylation sites (tertiary alicyclic amines) is 1. The molecule has 0 bridgehead atoms. The molecule has 0 saturated carbocycles. The van der Waals surface area contributed by atoms with Crippen LogP contribution in [0.5, 0.6) is 0 Å². The molecule has 1 saturated heterocycles. The molecule has 4 heteroatoms. The van der Waals surface area contributed by atoms with Crippen LogP contribution in [0.3, 0.4) is 0 Å². The minimum Gasteiger partial charge on any atom is -0.335 e. The fourth-order valence-corrected chi connectivity index (χ4v) is 1.57. The summed E-state index contributed by atoms with van der Waals surface area (Å²) in [6, 6.07) is -0.639. The third-order valence-corrected chi connectivity index (χ3v) is 2.43. The Morgan fingerprint density at radius 1 is 1.77 bits per heavy atom. The fourth-order valence-electron chi connectivity index (χ4n) is 1.57. The lowest BCUT2D eigenvalue weighted by Crippen LogP contribution is -2.55. The zero-order valence-corrected chi connectivity index (χ0v) is 7.74. The van der Waals surface area contributed by atoms with E-state index >= 15 is 0 Å². The summed E-state index contributed by atoms with van der Waals surface area (Å²) in [7, 11) is 0. The molecule has 1 rings (SSSR count). The number of rotatable bonds is 1. The Hall–Kier alpha value is -0.900. The molecule has 1 aliphatic rings. The van der Waals surface area contributed by atoms with Crippen molar-refractivity contribution in [1.29, 1.82) is 0 Å². The Bertz CT molecular complexity index is 220. The maximum Gasteiger partial charge on any atom is 0.246 e. The van der Waals surface area contributed by atoms with E-state index in [0.717, 1.165) is 0 Å². The summed E-state index contributed by atoms with van der Waals surface area (Å²) in [5.74, 6) is -0.171. The highest BCUT2D eigenvalue weighted by atomic mass is 19.1. The molecule has 1 amide bonds. The van der Waals surface area contributed by atoms with Gasteiger partial charge in [0.15, 0.2) is 0 Å². The lowest BCUT2D eigenvalue weighted by Gasteiger charge is -2.37. The molecule has 0 aliphatic carbocycles. The molecule has 1 heterocycles. The Kier molecular flexibility index (Phi) is 3.03. The Labute approximate surface area is 77.4 Å². The Morgan fingerprint density at radius 2 is 2.38 bits per heavy atom. The summed E-state index contributed by atoms with van der Waals surface area (Å²) in [5, 5.41) is 0. The fraction of sp³-hybridized carbons (Fsp3) is 0.667. The van der Waals surface area contributed by atoms with Crippen LogP contribution in [0.25, 0.3) is 0 Å². The molecule has 0 aromatic carbocycles. The van der Waals surface area contributed by atoms with Crippen molar-refractivity contribution in [2.75, 3.05) is 6.54 Å². The standard InChI is InChI=1S/C9H15FN2O/c1-3-9(13)12-5-8(11)7(10)4-6(12)2/h3,6-8H,1,4-5,11H2,2H3/t6-,7-,8-/m0/s1. The minimum absolute atomic E-state index is 0.0831. The Morgan fingerprint density at radius 3 is 2.92 bits per heavy atom. The van der Waals surface area contributed by atoms with E-state index in [-0.39, 0.29) is 18.5 Å². The third-order valence-electron chi connectivity index (χ3n) is 2.43. The quantitative estimate of drug-likeness (QED) is 0.605. The molecule has 2 N–H and O–H groups in total. The number of hydrogen-bond donors (Lipinski definition) is 1. The third kappa shape index (κ3) is 2.06. The van der Waals surface area contributed by atoms with E-state index in [1.165, 1.54) is 6.08 Å². The van der Waals surface area contributed by atoms with Crippen LogP contribution in [0.2, 0.25) is 0 Å². The number of nitrogens with two attached hydrogens (primary N) is 1. The number of alkyl halides is 1. The van der Waals surface area contributed by atoms with Crippen LogP contribution in [0.15, 0.2) is 12.7 Å². The van der Waals surface area contributed by atoms with Gasteiger partial charge in [-0.1, -0.05) is 6.58 Å². The van der Waals surface area contributed by atoms with Crippen molar-refractivity contribution < 1.29 is 9.18 Å². The summed E-state index contributed by atoms with van der Waals surface area (Å²) in [6.07, 6.45) is 0.562. The summed E-state index contributed by atoms with van der Waals surface area (Å²) in [6.45, 7) is 5.49. The van der Waals surface area contributed by atoms with Gasteiger partial charge >= 0.3 is 0 Å². The molecular weight excluding hydrogens is 171 g/mol. The molecule has 0 spiro atoms. The monoisotopic (exact) mass is 186 g/mol. The highest BCUT2D eigenvalue weighted by molar-refractivity contribution is 5.87. The van der Waals surface area contributed by atoms with Crippen LogP contribution in [0, 0.1) is 0 Å². The van der Waals surface area contributed by atoms with Gasteiger partial charge in [0.25, 0.3) is 0 Å². The molecule has 3 nitrogen and oxygen atoms in total. The van der Waals surface area contributed by atoms with Gasteiger partial charge in [-0.2, -0.15) is 0 Å². The minimum atomic E-state index is -0.996. The second kappa shape index (κ2) is 3.87. The number of carbonyl (C=O) groups is 1. The largest absolute Gasteiger partial charge is 0.335 e. The number of piperidine rings is 1. The predicted molar refractivity (Wildman–Crippen MR) is 48.9 cm³/mol. The lowest BCUT2D eigenvalue weighted by molar-refractivity contribution is -0.130. The number of halogens is 1. The number of hydrogen-bond acceptors (Lipinski definition) is 2. The van der Waals surface area contributed by atoms with Crippen LogP contribution < -0.4 is 5.73 Å². The number of nitrogens with zero attached hydrogens (tertiary/aromatic N) is 1. The molecule has 0 radical (unpaired) electrons. The molecule has 3 atom stereocenters. The summed E-state index contributed by atoms with van der Waals surface area (Å²) in [4.78, 5) is 12.8. The molecule has 0 aromatic heterocycles. The smallest absolute Gasteiger partial charge is 0.246 e. The summed E-state index contributed by atoms with van der Waals surface area (Å²) in [5.41, 5.74) is 5.52. The highest BCUT2D eigenvalue weighted by Gasteiger charge is 2.32. The van der Waals surface area contributed by atoms with Gasteiger partial charge in [-0.25, -0.2) is 4.39 Å². The molecular formula is C9H15FN2O. The highest BCUT2D eigenvalue weighted by Crippen LogP contribution is 2.19. The van der Waals surface area contributed by atoms with E-state index in [4.69, 9.17) is 5.73 Å². The SMILES string of the molecule is C=CC(=O)N1C[C@H](N)[C@@H](F)C[C@@H]1C. The van der Waals surface area contributed by atoms with E-state index < -0.39 is 12.2 Å². The van der Waals surface area contributed by atoms with Crippen molar-refractivity contribution in [2.45, 2.75) is 31.6 Å². The van der Waals surface area contributed by atoms with Gasteiger partial charge in [0.1, 0.15) is 6.17 Å². The van der Waals surface area contributed by atoms with Gasteiger partial charge in [0.2, 0.25) is 5.91 Å². The molecule has 1 aliphatic heterocycles. The van der Waals surface area contributed by atoms with Crippen molar-refractivity contribution in [2.24, 2.45) is 5.73 Å². The maximum absolute atomic E-state index is 13.1. The first kappa shape index (κ1) is 10.2. The van der Waals surface area contributed by atoms with Gasteiger partial charge < -0.3 is 10.6 Å². The van der Waals surface area contributed by atoms with Gasteiger partial charge in [0.05, 0.1) is 6.04 Å². The number of amides is 1.